The van der Waals surface area contributed by atoms with Crippen LogP contribution in [0.1, 0.15) is 11.1 Å². The van der Waals surface area contributed by atoms with Crippen LogP contribution in [-0.2, 0) is 14.8 Å². The number of aryl methyl sites for hydroxylation is 1. The van der Waals surface area contributed by atoms with E-state index in [1.807, 2.05) is 54.8 Å². The standard InChI is InChI=1S/C27H25N5O4S2/c1-18-7-4-5-8-20(18)15-28-32-24(19-11-12-25-23(13-19)30-26(33)16-36-25)17-37-27(32)29-21-9-6-10-22(14-21)38(34,35)31(2)3/h4-15,17H,16H2,1-3H3,(H,30,33)/b28-15-,29-27?. The fraction of sp³-hybridized carbons (Fsp3) is 0.148. The number of hydrogen-bond acceptors (Lipinski definition) is 7. The normalized spacial score (nSPS) is 14.0. The van der Waals surface area contributed by atoms with E-state index >= 15 is 0 Å². The van der Waals surface area contributed by atoms with Crippen molar-refractivity contribution in [2.75, 3.05) is 26.0 Å². The molecule has 0 saturated carbocycles. The average Bonchev–Trinajstić information content (AvgIpc) is 3.30. The van der Waals surface area contributed by atoms with E-state index in [-0.39, 0.29) is 17.4 Å². The van der Waals surface area contributed by atoms with Gasteiger partial charge in [-0.1, -0.05) is 30.3 Å². The zero-order chi connectivity index (χ0) is 26.9. The lowest BCUT2D eigenvalue weighted by molar-refractivity contribution is -0.118. The molecular weight excluding hydrogens is 522 g/mol. The van der Waals surface area contributed by atoms with Gasteiger partial charge in [0.15, 0.2) is 6.61 Å². The first-order chi connectivity index (χ1) is 18.2. The van der Waals surface area contributed by atoms with Gasteiger partial charge in [0.2, 0.25) is 14.8 Å². The Hall–Kier alpha value is -4.06. The van der Waals surface area contributed by atoms with Crippen LogP contribution < -0.4 is 14.9 Å². The number of fused-ring (bicyclic) bond motifs is 1. The fourth-order valence-corrected chi connectivity index (χ4v) is 5.61. The number of ether oxygens (including phenoxy) is 1. The van der Waals surface area contributed by atoms with Crippen LogP contribution in [-0.4, -0.2) is 50.2 Å². The first-order valence-corrected chi connectivity index (χ1v) is 14.0. The second-order valence-corrected chi connectivity index (χ2v) is 11.7. The molecule has 2 heterocycles. The summed E-state index contributed by atoms with van der Waals surface area (Å²) in [6, 6.07) is 19.9. The smallest absolute Gasteiger partial charge is 0.262 e. The molecule has 1 amide bonds. The van der Waals surface area contributed by atoms with Crippen LogP contribution in [0.2, 0.25) is 0 Å². The number of carbonyl (C=O) groups is 1. The minimum absolute atomic E-state index is 0.0167. The molecule has 1 N–H and O–H groups in total. The van der Waals surface area contributed by atoms with Crippen LogP contribution in [0.15, 0.2) is 87.1 Å². The molecule has 194 valence electrons. The summed E-state index contributed by atoms with van der Waals surface area (Å²) >= 11 is 1.37. The largest absolute Gasteiger partial charge is 0.482 e. The van der Waals surface area contributed by atoms with Crippen LogP contribution in [0, 0.1) is 6.92 Å². The lowest BCUT2D eigenvalue weighted by Crippen LogP contribution is -2.25. The Kier molecular flexibility index (Phi) is 6.98. The Morgan fingerprint density at radius 1 is 1.08 bits per heavy atom. The monoisotopic (exact) mass is 547 g/mol. The highest BCUT2D eigenvalue weighted by Crippen LogP contribution is 2.33. The van der Waals surface area contributed by atoms with E-state index in [0.717, 1.165) is 22.4 Å². The maximum absolute atomic E-state index is 12.6. The van der Waals surface area contributed by atoms with Gasteiger partial charge in [0.25, 0.3) is 5.91 Å². The minimum Gasteiger partial charge on any atom is -0.482 e. The Bertz CT molecular complexity index is 1740. The molecule has 5 rings (SSSR count). The van der Waals surface area contributed by atoms with Gasteiger partial charge in [0, 0.05) is 25.0 Å². The van der Waals surface area contributed by atoms with E-state index in [2.05, 4.69) is 5.32 Å². The van der Waals surface area contributed by atoms with Crippen molar-refractivity contribution in [3.05, 3.63) is 88.0 Å². The molecule has 38 heavy (non-hydrogen) atoms. The van der Waals surface area contributed by atoms with E-state index in [4.69, 9.17) is 14.8 Å². The van der Waals surface area contributed by atoms with Gasteiger partial charge in [0.1, 0.15) is 5.75 Å². The molecule has 4 aromatic rings. The molecule has 0 atom stereocenters. The maximum Gasteiger partial charge on any atom is 0.262 e. The molecule has 0 spiro atoms. The summed E-state index contributed by atoms with van der Waals surface area (Å²) in [6.07, 6.45) is 1.76. The molecule has 0 unspecified atom stereocenters. The highest BCUT2D eigenvalue weighted by atomic mass is 32.2. The molecule has 3 aromatic carbocycles. The molecule has 11 heteroatoms. The number of sulfonamides is 1. The van der Waals surface area contributed by atoms with Crippen molar-refractivity contribution in [1.29, 1.82) is 0 Å². The summed E-state index contributed by atoms with van der Waals surface area (Å²) in [7, 11) is -0.628. The Morgan fingerprint density at radius 2 is 1.89 bits per heavy atom. The zero-order valence-corrected chi connectivity index (χ0v) is 22.6. The minimum atomic E-state index is -3.61. The molecule has 1 aliphatic rings. The van der Waals surface area contributed by atoms with Crippen LogP contribution in [0.3, 0.4) is 0 Å². The SMILES string of the molecule is Cc1ccccc1/C=N\n1c(-c2ccc3c(c2)NC(=O)CO3)csc1=Nc1cccc(S(=O)(=O)N(C)C)c1. The highest BCUT2D eigenvalue weighted by molar-refractivity contribution is 7.89. The first kappa shape index (κ1) is 25.6. The summed E-state index contributed by atoms with van der Waals surface area (Å²) in [4.78, 5) is 17.3. The third-order valence-corrected chi connectivity index (χ3v) is 8.54. The highest BCUT2D eigenvalue weighted by Gasteiger charge is 2.19. The van der Waals surface area contributed by atoms with Crippen molar-refractivity contribution in [2.24, 2.45) is 10.1 Å². The van der Waals surface area contributed by atoms with Crippen molar-refractivity contribution in [3.8, 4) is 17.0 Å². The van der Waals surface area contributed by atoms with Gasteiger partial charge in [-0.3, -0.25) is 4.79 Å². The summed E-state index contributed by atoms with van der Waals surface area (Å²) in [5, 5.41) is 9.52. The Balaban J connectivity index is 1.64. The van der Waals surface area contributed by atoms with Crippen molar-refractivity contribution >= 4 is 44.9 Å². The molecule has 9 nitrogen and oxygen atoms in total. The van der Waals surface area contributed by atoms with Crippen molar-refractivity contribution < 1.29 is 17.9 Å². The van der Waals surface area contributed by atoms with Gasteiger partial charge in [-0.2, -0.15) is 5.10 Å². The van der Waals surface area contributed by atoms with E-state index in [9.17, 15) is 13.2 Å². The van der Waals surface area contributed by atoms with Crippen molar-refractivity contribution in [3.63, 3.8) is 0 Å². The Labute approximate surface area is 224 Å². The number of nitrogens with one attached hydrogen (secondary N) is 1. The van der Waals surface area contributed by atoms with Gasteiger partial charge in [0.05, 0.1) is 28.2 Å². The zero-order valence-electron chi connectivity index (χ0n) is 21.0. The van der Waals surface area contributed by atoms with Crippen LogP contribution in [0.4, 0.5) is 11.4 Å². The van der Waals surface area contributed by atoms with E-state index in [0.29, 0.717) is 21.9 Å². The van der Waals surface area contributed by atoms with Gasteiger partial charge >= 0.3 is 0 Å². The number of anilines is 1. The summed E-state index contributed by atoms with van der Waals surface area (Å²) in [5.41, 5.74) is 4.64. The average molecular weight is 548 g/mol. The fourth-order valence-electron chi connectivity index (χ4n) is 3.82. The number of nitrogens with zero attached hydrogens (tertiary/aromatic N) is 4. The van der Waals surface area contributed by atoms with E-state index in [1.165, 1.54) is 35.8 Å². The lowest BCUT2D eigenvalue weighted by atomic mass is 10.1. The molecule has 0 aliphatic carbocycles. The summed E-state index contributed by atoms with van der Waals surface area (Å²) in [5.74, 6) is 0.385. The van der Waals surface area contributed by atoms with E-state index in [1.54, 1.807) is 29.1 Å². The van der Waals surface area contributed by atoms with Crippen LogP contribution in [0.5, 0.6) is 5.75 Å². The second kappa shape index (κ2) is 10.4. The summed E-state index contributed by atoms with van der Waals surface area (Å²) < 4.78 is 33.7. The van der Waals surface area contributed by atoms with Crippen LogP contribution >= 0.6 is 11.3 Å². The third kappa shape index (κ3) is 5.17. The quantitative estimate of drug-likeness (QED) is 0.365. The predicted octanol–water partition coefficient (Wildman–Crippen LogP) is 4.22. The first-order valence-electron chi connectivity index (χ1n) is 11.7. The molecule has 0 radical (unpaired) electrons. The molecule has 1 aliphatic heterocycles. The number of aromatic nitrogens is 1. The second-order valence-electron chi connectivity index (χ2n) is 8.76. The maximum atomic E-state index is 12.6. The number of carbonyl (C=O) groups excluding carboxylic acids is 1. The van der Waals surface area contributed by atoms with E-state index < -0.39 is 10.0 Å². The number of rotatable bonds is 6. The Morgan fingerprint density at radius 3 is 2.68 bits per heavy atom. The van der Waals surface area contributed by atoms with Gasteiger partial charge in [-0.15, -0.1) is 11.3 Å². The van der Waals surface area contributed by atoms with Crippen molar-refractivity contribution in [2.45, 2.75) is 11.8 Å². The summed E-state index contributed by atoms with van der Waals surface area (Å²) in [6.45, 7) is 1.99. The molecule has 0 saturated heterocycles. The van der Waals surface area contributed by atoms with Gasteiger partial charge < -0.3 is 10.1 Å². The topological polar surface area (TPSA) is 105 Å². The van der Waals surface area contributed by atoms with Gasteiger partial charge in [-0.05, 0) is 54.4 Å². The van der Waals surface area contributed by atoms with Crippen molar-refractivity contribution in [1.82, 2.24) is 8.98 Å². The van der Waals surface area contributed by atoms with Gasteiger partial charge in [-0.25, -0.2) is 22.4 Å². The number of thiazole rings is 1. The third-order valence-electron chi connectivity index (χ3n) is 5.92. The van der Waals surface area contributed by atoms with Crippen LogP contribution in [0.25, 0.3) is 11.3 Å². The molecule has 1 aromatic heterocycles. The molecule has 0 fully saturated rings. The number of amides is 1. The predicted molar refractivity (Wildman–Crippen MR) is 149 cm³/mol. The molecule has 0 bridgehead atoms. The molecular formula is C27H25N5O4S2. The number of benzene rings is 3. The lowest BCUT2D eigenvalue weighted by Gasteiger charge is -2.18. The number of hydrogen-bond donors (Lipinski definition) is 1.